The van der Waals surface area contributed by atoms with Gasteiger partial charge in [0.05, 0.1) is 11.2 Å². The van der Waals surface area contributed by atoms with E-state index in [-0.39, 0.29) is 6.23 Å². The van der Waals surface area contributed by atoms with Crippen molar-refractivity contribution in [2.45, 2.75) is 38.3 Å². The van der Waals surface area contributed by atoms with E-state index >= 15 is 0 Å². The first kappa shape index (κ1) is 27.6. The van der Waals surface area contributed by atoms with E-state index in [1.54, 1.807) is 0 Å². The van der Waals surface area contributed by atoms with Crippen LogP contribution in [0.25, 0.3) is 34.2 Å². The SMILES string of the molecule is CNC(=S)c1ccccc1-c1ccc2c(/C=C/c3ccc(OCCN4CCCC4)nc3)nn(C3CCCCO3)c2c1. The molecule has 0 spiro atoms. The molecule has 2 aliphatic rings. The van der Waals surface area contributed by atoms with E-state index in [1.807, 2.05) is 31.4 Å². The molecule has 2 fully saturated rings. The van der Waals surface area contributed by atoms with Gasteiger partial charge < -0.3 is 14.8 Å². The van der Waals surface area contributed by atoms with Gasteiger partial charge in [-0.15, -0.1) is 0 Å². The lowest BCUT2D eigenvalue weighted by atomic mass is 9.98. The van der Waals surface area contributed by atoms with Gasteiger partial charge >= 0.3 is 0 Å². The molecule has 0 radical (unpaired) electrons. The number of nitrogens with one attached hydrogen (secondary N) is 1. The van der Waals surface area contributed by atoms with Crippen molar-refractivity contribution in [3.8, 4) is 17.0 Å². The molecule has 6 rings (SSSR count). The average molecular weight is 568 g/mol. The van der Waals surface area contributed by atoms with Crippen LogP contribution in [-0.4, -0.2) is 64.5 Å². The second kappa shape index (κ2) is 12.9. The zero-order chi connectivity index (χ0) is 28.0. The zero-order valence-electron chi connectivity index (χ0n) is 23.6. The molecule has 2 aromatic heterocycles. The summed E-state index contributed by atoms with van der Waals surface area (Å²) in [7, 11) is 1.86. The summed E-state index contributed by atoms with van der Waals surface area (Å²) in [4.78, 5) is 7.69. The van der Waals surface area contributed by atoms with Gasteiger partial charge in [-0.1, -0.05) is 48.6 Å². The number of nitrogens with zero attached hydrogens (tertiary/aromatic N) is 4. The lowest BCUT2D eigenvalue weighted by Gasteiger charge is -2.23. The molecule has 8 heteroatoms. The monoisotopic (exact) mass is 567 g/mol. The van der Waals surface area contributed by atoms with E-state index in [4.69, 9.17) is 26.8 Å². The standard InChI is InChI=1S/C33H37N5O2S/c1-34-33(41)27-9-3-2-8-26(27)25-13-14-28-29(36-38(30(28)22-25)32-10-4-7-20-40-32)15-11-24-12-16-31(35-23-24)39-21-19-37-17-5-6-18-37/h2-3,8-9,11-16,22-23,32H,4-7,10,17-21H2,1H3,(H,34,41)/b15-11+. The molecule has 4 aromatic rings. The van der Waals surface area contributed by atoms with Crippen molar-refractivity contribution < 1.29 is 9.47 Å². The molecule has 1 atom stereocenters. The largest absolute Gasteiger partial charge is 0.476 e. The molecule has 212 valence electrons. The van der Waals surface area contributed by atoms with E-state index in [1.165, 1.54) is 25.9 Å². The molecular weight excluding hydrogens is 530 g/mol. The molecule has 2 aliphatic heterocycles. The Labute approximate surface area is 247 Å². The Balaban J connectivity index is 1.26. The number of likely N-dealkylation sites (tertiary alicyclic amines) is 1. The highest BCUT2D eigenvalue weighted by Crippen LogP contribution is 2.33. The second-order valence-electron chi connectivity index (χ2n) is 10.7. The quantitative estimate of drug-likeness (QED) is 0.237. The van der Waals surface area contributed by atoms with Crippen molar-refractivity contribution in [2.75, 3.05) is 39.9 Å². The fourth-order valence-electron chi connectivity index (χ4n) is 5.69. The van der Waals surface area contributed by atoms with Gasteiger partial charge in [0.15, 0.2) is 6.23 Å². The van der Waals surface area contributed by atoms with Crippen LogP contribution in [0.15, 0.2) is 60.8 Å². The molecule has 2 saturated heterocycles. The summed E-state index contributed by atoms with van der Waals surface area (Å²) in [5.41, 5.74) is 6.17. The van der Waals surface area contributed by atoms with Gasteiger partial charge in [-0.3, -0.25) is 4.90 Å². The first-order valence-electron chi connectivity index (χ1n) is 14.6. The average Bonchev–Trinajstić information content (AvgIpc) is 3.68. The highest BCUT2D eigenvalue weighted by Gasteiger charge is 2.21. The number of rotatable bonds is 9. The molecule has 4 heterocycles. The Morgan fingerprint density at radius 3 is 2.73 bits per heavy atom. The van der Waals surface area contributed by atoms with E-state index in [2.05, 4.69) is 68.4 Å². The molecule has 7 nitrogen and oxygen atoms in total. The van der Waals surface area contributed by atoms with Crippen molar-refractivity contribution in [3.63, 3.8) is 0 Å². The number of hydrogen-bond acceptors (Lipinski definition) is 6. The van der Waals surface area contributed by atoms with Gasteiger partial charge in [0.1, 0.15) is 11.6 Å². The first-order chi connectivity index (χ1) is 20.2. The molecule has 1 N–H and O–H groups in total. The Hall–Kier alpha value is -3.59. The van der Waals surface area contributed by atoms with Crippen LogP contribution in [-0.2, 0) is 4.74 Å². The van der Waals surface area contributed by atoms with Crippen LogP contribution in [0.5, 0.6) is 5.88 Å². The maximum Gasteiger partial charge on any atom is 0.213 e. The van der Waals surface area contributed by atoms with E-state index in [9.17, 15) is 0 Å². The number of thiocarbonyl (C=S) groups is 1. The number of pyridine rings is 1. The van der Waals surface area contributed by atoms with E-state index in [0.717, 1.165) is 76.3 Å². The summed E-state index contributed by atoms with van der Waals surface area (Å²) in [6, 6.07) is 18.8. The molecular formula is C33H37N5O2S. The number of ether oxygens (including phenoxy) is 2. The van der Waals surface area contributed by atoms with Crippen LogP contribution in [0, 0.1) is 0 Å². The number of benzene rings is 2. The van der Waals surface area contributed by atoms with Crippen LogP contribution in [0.3, 0.4) is 0 Å². The summed E-state index contributed by atoms with van der Waals surface area (Å²) >= 11 is 5.60. The molecule has 0 aliphatic carbocycles. The zero-order valence-corrected chi connectivity index (χ0v) is 24.4. The first-order valence-corrected chi connectivity index (χ1v) is 15.0. The molecule has 0 bridgehead atoms. The predicted octanol–water partition coefficient (Wildman–Crippen LogP) is 6.34. The topological polar surface area (TPSA) is 64.4 Å². The maximum absolute atomic E-state index is 6.17. The molecule has 41 heavy (non-hydrogen) atoms. The maximum atomic E-state index is 6.17. The van der Waals surface area contributed by atoms with Gasteiger partial charge in [0, 0.05) is 43.4 Å². The minimum atomic E-state index is -0.0732. The molecule has 2 aromatic carbocycles. The third-order valence-electron chi connectivity index (χ3n) is 7.92. The number of fused-ring (bicyclic) bond motifs is 1. The summed E-state index contributed by atoms with van der Waals surface area (Å²) < 4.78 is 14.1. The second-order valence-corrected chi connectivity index (χ2v) is 11.1. The van der Waals surface area contributed by atoms with Crippen LogP contribution < -0.4 is 10.1 Å². The van der Waals surface area contributed by atoms with E-state index < -0.39 is 0 Å². The minimum absolute atomic E-state index is 0.0732. The Morgan fingerprint density at radius 2 is 1.95 bits per heavy atom. The van der Waals surface area contributed by atoms with Crippen LogP contribution in [0.4, 0.5) is 0 Å². The smallest absolute Gasteiger partial charge is 0.213 e. The summed E-state index contributed by atoms with van der Waals surface area (Å²) in [6.45, 7) is 4.74. The predicted molar refractivity (Wildman–Crippen MR) is 169 cm³/mol. The lowest BCUT2D eigenvalue weighted by Crippen LogP contribution is -2.25. The number of aromatic nitrogens is 3. The van der Waals surface area contributed by atoms with Gasteiger partial charge in [0.25, 0.3) is 0 Å². The Kier molecular flexibility index (Phi) is 8.70. The highest BCUT2D eigenvalue weighted by atomic mass is 32.1. The van der Waals surface area contributed by atoms with Gasteiger partial charge in [-0.05, 0) is 86.2 Å². The fraction of sp³-hybridized carbons (Fsp3) is 0.364. The van der Waals surface area contributed by atoms with Gasteiger partial charge in [-0.2, -0.15) is 5.10 Å². The van der Waals surface area contributed by atoms with Crippen molar-refractivity contribution in [1.82, 2.24) is 25.0 Å². The van der Waals surface area contributed by atoms with Crippen molar-refractivity contribution in [3.05, 3.63) is 77.6 Å². The van der Waals surface area contributed by atoms with E-state index in [0.29, 0.717) is 12.5 Å². The van der Waals surface area contributed by atoms with Gasteiger partial charge in [-0.25, -0.2) is 9.67 Å². The third kappa shape index (κ3) is 6.35. The van der Waals surface area contributed by atoms with Crippen LogP contribution in [0.1, 0.15) is 55.2 Å². The van der Waals surface area contributed by atoms with Crippen LogP contribution >= 0.6 is 12.2 Å². The van der Waals surface area contributed by atoms with Crippen molar-refractivity contribution in [1.29, 1.82) is 0 Å². The third-order valence-corrected chi connectivity index (χ3v) is 8.35. The Morgan fingerprint density at radius 1 is 1.07 bits per heavy atom. The fourth-order valence-corrected chi connectivity index (χ4v) is 5.87. The lowest BCUT2D eigenvalue weighted by molar-refractivity contribution is -0.0367. The van der Waals surface area contributed by atoms with Gasteiger partial charge in [0.2, 0.25) is 5.88 Å². The normalized spacial score (nSPS) is 17.8. The molecule has 0 saturated carbocycles. The van der Waals surface area contributed by atoms with Crippen LogP contribution in [0.2, 0.25) is 0 Å². The molecule has 0 amide bonds. The summed E-state index contributed by atoms with van der Waals surface area (Å²) in [6.07, 6.45) is 11.7. The summed E-state index contributed by atoms with van der Waals surface area (Å²) in [5, 5.41) is 9.26. The molecule has 1 unspecified atom stereocenters. The number of hydrogen-bond donors (Lipinski definition) is 1. The summed E-state index contributed by atoms with van der Waals surface area (Å²) in [5.74, 6) is 0.663. The Bertz CT molecular complexity index is 1520. The van der Waals surface area contributed by atoms with Crippen molar-refractivity contribution in [2.24, 2.45) is 0 Å². The highest BCUT2D eigenvalue weighted by molar-refractivity contribution is 7.80. The minimum Gasteiger partial charge on any atom is -0.476 e. The van der Waals surface area contributed by atoms with Crippen molar-refractivity contribution >= 4 is 40.3 Å².